The number of rotatable bonds is 9. The molecular formula is C14H26N6O6+2. The number of aliphatic hydroxyl groups excluding tert-OH is 2. The first-order valence-electron chi connectivity index (χ1n) is 8.36. The van der Waals surface area contributed by atoms with E-state index < -0.39 is 42.5 Å². The molecule has 10 N–H and O–H groups in total. The molecule has 1 aliphatic heterocycles. The minimum absolute atomic E-state index is 0.243. The molecule has 0 spiro atoms. The molecule has 3 unspecified atom stereocenters. The monoisotopic (exact) mass is 374 g/mol. The summed E-state index contributed by atoms with van der Waals surface area (Å²) in [6, 6.07) is -0.519. The lowest BCUT2D eigenvalue weighted by Gasteiger charge is -2.15. The van der Waals surface area contributed by atoms with E-state index in [1.54, 1.807) is 0 Å². The highest BCUT2D eigenvalue weighted by Gasteiger charge is 2.45. The number of unbranched alkanes of at least 4 members (excludes halogenated alkanes) is 1. The Morgan fingerprint density at radius 1 is 1.38 bits per heavy atom. The van der Waals surface area contributed by atoms with Crippen LogP contribution in [0, 0.1) is 0 Å². The van der Waals surface area contributed by atoms with Crippen molar-refractivity contribution in [3.05, 3.63) is 12.2 Å². The number of amides is 1. The Balaban J connectivity index is 1.88. The summed E-state index contributed by atoms with van der Waals surface area (Å²) < 4.78 is 11.7. The third-order valence-electron chi connectivity index (χ3n) is 4.10. The fourth-order valence-electron chi connectivity index (χ4n) is 2.56. The predicted octanol–water partition coefficient (Wildman–Crippen LogP) is -4.44. The molecule has 0 aliphatic carbocycles. The molecule has 1 aromatic heterocycles. The third-order valence-corrected chi connectivity index (χ3v) is 4.10. The number of aromatic nitrogens is 3. The van der Waals surface area contributed by atoms with E-state index in [1.807, 2.05) is 0 Å². The fraction of sp³-hybridized carbons (Fsp3) is 0.714. The molecule has 5 atom stereocenters. The van der Waals surface area contributed by atoms with Gasteiger partial charge in [0.1, 0.15) is 31.2 Å². The molecule has 1 saturated heterocycles. The van der Waals surface area contributed by atoms with Crippen LogP contribution in [0.3, 0.4) is 0 Å². The number of aliphatic hydroxyl groups is 2. The number of primary amides is 1. The summed E-state index contributed by atoms with van der Waals surface area (Å²) in [4.78, 5) is 26.7. The number of esters is 1. The maximum absolute atomic E-state index is 11.9. The molecule has 1 amide bonds. The summed E-state index contributed by atoms with van der Waals surface area (Å²) in [6.45, 7) is 0.551. The van der Waals surface area contributed by atoms with Crippen LogP contribution in [0.1, 0.15) is 36.1 Å². The average molecular weight is 374 g/mol. The fourth-order valence-corrected chi connectivity index (χ4v) is 2.56. The summed E-state index contributed by atoms with van der Waals surface area (Å²) in [6.07, 6.45) is -1.20. The van der Waals surface area contributed by atoms with E-state index >= 15 is 0 Å². The van der Waals surface area contributed by atoms with Crippen LogP contribution >= 0.6 is 0 Å². The van der Waals surface area contributed by atoms with Crippen molar-refractivity contribution in [3.63, 3.8) is 0 Å². The number of ether oxygens (including phenoxy) is 2. The van der Waals surface area contributed by atoms with Gasteiger partial charge in [-0.3, -0.25) is 4.79 Å². The molecule has 12 nitrogen and oxygen atoms in total. The van der Waals surface area contributed by atoms with Crippen molar-refractivity contribution in [2.45, 2.75) is 49.8 Å². The topological polar surface area (TPSA) is 205 Å². The largest absolute Gasteiger partial charge is 0.458 e. The second-order valence-electron chi connectivity index (χ2n) is 6.14. The Morgan fingerprint density at radius 2 is 2.12 bits per heavy atom. The second-order valence-corrected chi connectivity index (χ2v) is 6.14. The van der Waals surface area contributed by atoms with Crippen molar-refractivity contribution in [3.8, 4) is 0 Å². The molecule has 1 fully saturated rings. The van der Waals surface area contributed by atoms with Crippen molar-refractivity contribution in [1.29, 1.82) is 0 Å². The zero-order valence-corrected chi connectivity index (χ0v) is 14.4. The number of nitrogens with zero attached hydrogens (tertiary/aromatic N) is 3. The zero-order valence-electron chi connectivity index (χ0n) is 14.4. The number of carbonyl (C=O) groups is 2. The van der Waals surface area contributed by atoms with Gasteiger partial charge in [0.05, 0.1) is 6.54 Å². The maximum atomic E-state index is 11.9. The minimum Gasteiger partial charge on any atom is -0.458 e. The summed E-state index contributed by atoms with van der Waals surface area (Å²) in [5, 5.41) is 24.0. The third kappa shape index (κ3) is 4.74. The lowest BCUT2D eigenvalue weighted by Crippen LogP contribution is -2.65. The zero-order chi connectivity index (χ0) is 19.3. The second kappa shape index (κ2) is 9.00. The molecule has 0 aromatic carbocycles. The van der Waals surface area contributed by atoms with Crippen LogP contribution in [-0.2, 0) is 14.3 Å². The Morgan fingerprint density at radius 3 is 2.73 bits per heavy atom. The number of hydrogen-bond acceptors (Lipinski definition) is 8. The maximum Gasteiger partial charge on any atom is 0.364 e. The van der Waals surface area contributed by atoms with E-state index in [1.165, 1.54) is 0 Å². The first kappa shape index (κ1) is 20.2. The molecule has 2 heterocycles. The van der Waals surface area contributed by atoms with Gasteiger partial charge in [0.15, 0.2) is 12.3 Å². The molecule has 12 heteroatoms. The normalized spacial score (nSPS) is 26.6. The molecule has 0 saturated carbocycles. The van der Waals surface area contributed by atoms with Crippen molar-refractivity contribution < 1.29 is 40.7 Å². The highest BCUT2D eigenvalue weighted by molar-refractivity contribution is 5.88. The Hall–Kier alpha value is -2.12. The van der Waals surface area contributed by atoms with Gasteiger partial charge < -0.3 is 36.9 Å². The van der Waals surface area contributed by atoms with Crippen LogP contribution in [0.2, 0.25) is 0 Å². The molecule has 26 heavy (non-hydrogen) atoms. The van der Waals surface area contributed by atoms with Crippen LogP contribution in [0.15, 0.2) is 6.33 Å². The van der Waals surface area contributed by atoms with Crippen molar-refractivity contribution in [1.82, 2.24) is 14.8 Å². The van der Waals surface area contributed by atoms with E-state index in [2.05, 4.69) is 21.5 Å². The number of hydrogen-bond donors (Lipinski definition) is 5. The molecule has 146 valence electrons. The summed E-state index contributed by atoms with van der Waals surface area (Å²) in [7, 11) is 0. The van der Waals surface area contributed by atoms with Crippen LogP contribution in [0.5, 0.6) is 0 Å². The number of carbonyl (C=O) groups excluding carboxylic acids is 2. The van der Waals surface area contributed by atoms with Gasteiger partial charge >= 0.3 is 5.97 Å². The van der Waals surface area contributed by atoms with Crippen LogP contribution in [-0.4, -0.2) is 74.4 Å². The van der Waals surface area contributed by atoms with Gasteiger partial charge in [-0.25, -0.2) is 14.5 Å². The van der Waals surface area contributed by atoms with Crippen molar-refractivity contribution in [2.24, 2.45) is 5.73 Å². The van der Waals surface area contributed by atoms with Gasteiger partial charge in [-0.15, -0.1) is 5.10 Å². The van der Waals surface area contributed by atoms with Crippen LogP contribution in [0.4, 0.5) is 0 Å². The van der Waals surface area contributed by atoms with Gasteiger partial charge in [0.2, 0.25) is 5.82 Å². The van der Waals surface area contributed by atoms with Gasteiger partial charge in [-0.1, -0.05) is 0 Å². The van der Waals surface area contributed by atoms with Gasteiger partial charge in [0.25, 0.3) is 5.91 Å². The molecule has 0 radical (unpaired) electrons. The Bertz CT molecular complexity index is 625. The molecule has 1 aromatic rings. The van der Waals surface area contributed by atoms with Gasteiger partial charge in [-0.2, -0.15) is 0 Å². The smallest absolute Gasteiger partial charge is 0.364 e. The van der Waals surface area contributed by atoms with Gasteiger partial charge in [-0.05, 0) is 12.8 Å². The molecule has 2 rings (SSSR count). The first-order chi connectivity index (χ1) is 12.3. The van der Waals surface area contributed by atoms with E-state index in [4.69, 9.17) is 15.2 Å². The van der Waals surface area contributed by atoms with Gasteiger partial charge in [0, 0.05) is 6.42 Å². The van der Waals surface area contributed by atoms with Crippen molar-refractivity contribution in [2.75, 3.05) is 13.2 Å². The number of quaternary nitrogens is 2. The quantitative estimate of drug-likeness (QED) is 0.210. The molecule has 0 bridgehead atoms. The first-order valence-corrected chi connectivity index (χ1v) is 8.36. The lowest BCUT2D eigenvalue weighted by atomic mass is 10.1. The highest BCUT2D eigenvalue weighted by atomic mass is 16.6. The molecular weight excluding hydrogens is 348 g/mol. The van der Waals surface area contributed by atoms with E-state index in [-0.39, 0.29) is 12.4 Å². The Labute approximate surface area is 149 Å². The average Bonchev–Trinajstić information content (AvgIpc) is 3.20. The van der Waals surface area contributed by atoms with E-state index in [0.29, 0.717) is 6.42 Å². The summed E-state index contributed by atoms with van der Waals surface area (Å²) in [5.74, 6) is -1.57. The van der Waals surface area contributed by atoms with Crippen LogP contribution < -0.4 is 17.2 Å². The lowest BCUT2D eigenvalue weighted by molar-refractivity contribution is -0.411. The van der Waals surface area contributed by atoms with Crippen LogP contribution in [0.25, 0.3) is 0 Å². The summed E-state index contributed by atoms with van der Waals surface area (Å²) >= 11 is 0. The van der Waals surface area contributed by atoms with E-state index in [9.17, 15) is 19.8 Å². The SMILES string of the molecule is NC(=O)c1ncn(C2OC(COC(=O)[C@@H]([NH3+])CCCC[NH3+])C(O)[C@H]2O)n1. The van der Waals surface area contributed by atoms with Crippen molar-refractivity contribution >= 4 is 11.9 Å². The summed E-state index contributed by atoms with van der Waals surface area (Å²) in [5.41, 5.74) is 12.6. The standard InChI is InChI=1S/C14H24N6O6/c15-4-2-1-3-7(16)14(24)25-5-8-9(21)10(22)13(26-8)20-6-18-12(19-20)11(17)23/h6-10,13,21-22H,1-5,15-16H2,(H2,17,23)/p+2/t7-,8?,9?,10+,13?/m0/s1. The minimum atomic E-state index is -1.34. The highest BCUT2D eigenvalue weighted by Crippen LogP contribution is 2.29. The number of nitrogens with two attached hydrogens (primary N) is 1. The Kier molecular flexibility index (Phi) is 6.99. The predicted molar refractivity (Wildman–Crippen MR) is 83.7 cm³/mol. The van der Waals surface area contributed by atoms with E-state index in [0.717, 1.165) is 30.4 Å². The molecule has 1 aliphatic rings.